The number of alkyl halides is 3. The van der Waals surface area contributed by atoms with Crippen LogP contribution < -0.4 is 5.32 Å². The predicted molar refractivity (Wildman–Crippen MR) is 105 cm³/mol. The lowest BCUT2D eigenvalue weighted by molar-refractivity contribution is -0.138. The zero-order chi connectivity index (χ0) is 22.3. The number of aryl methyl sites for hydroxylation is 1. The summed E-state index contributed by atoms with van der Waals surface area (Å²) in [5, 5.41) is 3.27. The van der Waals surface area contributed by atoms with Crippen LogP contribution in [0, 0.1) is 5.92 Å². The summed E-state index contributed by atoms with van der Waals surface area (Å²) < 4.78 is 39.6. The second-order valence-electron chi connectivity index (χ2n) is 8.04. The van der Waals surface area contributed by atoms with Gasteiger partial charge in [-0.1, -0.05) is 0 Å². The van der Waals surface area contributed by atoms with Crippen molar-refractivity contribution in [2.75, 3.05) is 32.0 Å². The zero-order valence-electron chi connectivity index (χ0n) is 17.3. The van der Waals surface area contributed by atoms with Crippen LogP contribution in [-0.2, 0) is 11.3 Å². The van der Waals surface area contributed by atoms with Crippen LogP contribution in [-0.4, -0.2) is 80.0 Å². The molecule has 0 unspecified atom stereocenters. The van der Waals surface area contributed by atoms with E-state index in [1.807, 2.05) is 4.90 Å². The van der Waals surface area contributed by atoms with Crippen molar-refractivity contribution >= 4 is 28.8 Å². The van der Waals surface area contributed by atoms with E-state index in [4.69, 9.17) is 0 Å². The summed E-state index contributed by atoms with van der Waals surface area (Å²) in [5.74, 6) is -0.217. The summed E-state index contributed by atoms with van der Waals surface area (Å²) in [6.07, 6.45) is -0.527. The number of carbonyl (C=O) groups is 2. The van der Waals surface area contributed by atoms with E-state index >= 15 is 0 Å². The van der Waals surface area contributed by atoms with Gasteiger partial charge >= 0.3 is 6.18 Å². The molecule has 1 saturated carbocycles. The first kappa shape index (κ1) is 21.3. The molecule has 0 spiro atoms. The van der Waals surface area contributed by atoms with Crippen molar-refractivity contribution < 1.29 is 22.8 Å². The van der Waals surface area contributed by atoms with Crippen molar-refractivity contribution in [2.45, 2.75) is 44.9 Å². The Kier molecular flexibility index (Phi) is 5.48. The number of likely N-dealkylation sites (tertiary alicyclic amines) is 1. The summed E-state index contributed by atoms with van der Waals surface area (Å²) in [4.78, 5) is 40.1. The molecule has 2 fully saturated rings. The standard InChI is InChI=1S/C19H24F3N7O2/c1-3-29-15-13(26-16(29)18(31)27(2)9-19(20,21)22)14(23-10-24-15)25-12-6-7-28(8-12)17(30)11-4-5-11/h10-12H,3-9H2,1-2H3,(H,23,24,25)/t12-/m0/s1. The van der Waals surface area contributed by atoms with Crippen molar-refractivity contribution in [1.29, 1.82) is 0 Å². The number of hydrogen-bond donors (Lipinski definition) is 1. The highest BCUT2D eigenvalue weighted by molar-refractivity contribution is 5.96. The molecular weight excluding hydrogens is 415 g/mol. The van der Waals surface area contributed by atoms with Crippen LogP contribution in [0.1, 0.15) is 36.8 Å². The topological polar surface area (TPSA) is 96.2 Å². The molecule has 2 aromatic heterocycles. The van der Waals surface area contributed by atoms with Gasteiger partial charge in [0.2, 0.25) is 11.7 Å². The molecule has 1 aliphatic heterocycles. The van der Waals surface area contributed by atoms with Crippen molar-refractivity contribution in [3.63, 3.8) is 0 Å². The summed E-state index contributed by atoms with van der Waals surface area (Å²) >= 11 is 0. The van der Waals surface area contributed by atoms with Crippen LogP contribution in [0.3, 0.4) is 0 Å². The number of nitrogens with one attached hydrogen (secondary N) is 1. The Morgan fingerprint density at radius 3 is 2.65 bits per heavy atom. The van der Waals surface area contributed by atoms with Gasteiger partial charge in [-0.25, -0.2) is 15.0 Å². The lowest BCUT2D eigenvalue weighted by Gasteiger charge is -2.18. The highest BCUT2D eigenvalue weighted by Gasteiger charge is 2.37. The number of anilines is 1. The van der Waals surface area contributed by atoms with Gasteiger partial charge in [-0.3, -0.25) is 9.59 Å². The fraction of sp³-hybridized carbons (Fsp3) is 0.632. The molecule has 1 atom stereocenters. The fourth-order valence-electron chi connectivity index (χ4n) is 3.88. The Balaban J connectivity index is 1.57. The molecule has 0 aromatic carbocycles. The first-order chi connectivity index (χ1) is 14.7. The molecule has 0 bridgehead atoms. The highest BCUT2D eigenvalue weighted by Crippen LogP contribution is 2.32. The van der Waals surface area contributed by atoms with Crippen LogP contribution in [0.2, 0.25) is 0 Å². The first-order valence-electron chi connectivity index (χ1n) is 10.3. The van der Waals surface area contributed by atoms with E-state index in [1.54, 1.807) is 6.92 Å². The van der Waals surface area contributed by atoms with Gasteiger partial charge in [0.15, 0.2) is 17.0 Å². The number of fused-ring (bicyclic) bond motifs is 1. The first-order valence-corrected chi connectivity index (χ1v) is 10.3. The van der Waals surface area contributed by atoms with Gasteiger partial charge in [-0.15, -0.1) is 0 Å². The average Bonchev–Trinajstić information content (AvgIpc) is 3.33. The van der Waals surface area contributed by atoms with Crippen LogP contribution in [0.25, 0.3) is 11.2 Å². The van der Waals surface area contributed by atoms with Crippen molar-refractivity contribution in [3.05, 3.63) is 12.2 Å². The molecule has 1 aliphatic carbocycles. The molecule has 3 heterocycles. The molecule has 168 valence electrons. The molecule has 2 aliphatic rings. The van der Waals surface area contributed by atoms with Gasteiger partial charge in [-0.2, -0.15) is 13.2 Å². The maximum atomic E-state index is 12.7. The monoisotopic (exact) mass is 439 g/mol. The lowest BCUT2D eigenvalue weighted by Crippen LogP contribution is -2.37. The Morgan fingerprint density at radius 1 is 1.26 bits per heavy atom. The molecule has 2 amide bonds. The SMILES string of the molecule is CCn1c(C(=O)N(C)CC(F)(F)F)nc2c(N[C@H]3CCN(C(=O)C4CC4)C3)ncnc21. The maximum Gasteiger partial charge on any atom is 0.406 e. The number of hydrogen-bond acceptors (Lipinski definition) is 6. The summed E-state index contributed by atoms with van der Waals surface area (Å²) in [7, 11) is 1.09. The largest absolute Gasteiger partial charge is 0.406 e. The number of nitrogens with zero attached hydrogens (tertiary/aromatic N) is 6. The number of halogens is 3. The Hall–Kier alpha value is -2.92. The van der Waals surface area contributed by atoms with Crippen LogP contribution in [0.4, 0.5) is 19.0 Å². The van der Waals surface area contributed by atoms with Gasteiger partial charge in [0, 0.05) is 38.6 Å². The fourth-order valence-corrected chi connectivity index (χ4v) is 3.88. The van der Waals surface area contributed by atoms with E-state index in [-0.39, 0.29) is 23.7 Å². The van der Waals surface area contributed by atoms with Gasteiger partial charge in [0.25, 0.3) is 5.91 Å². The molecule has 1 N–H and O–H groups in total. The quantitative estimate of drug-likeness (QED) is 0.739. The third-order valence-corrected chi connectivity index (χ3v) is 5.57. The third kappa shape index (κ3) is 4.42. The molecule has 2 aromatic rings. The Labute approximate surface area is 176 Å². The van der Waals surface area contributed by atoms with E-state index in [9.17, 15) is 22.8 Å². The molecular formula is C19H24F3N7O2. The molecule has 31 heavy (non-hydrogen) atoms. The second kappa shape index (κ2) is 7.97. The maximum absolute atomic E-state index is 12.7. The minimum absolute atomic E-state index is 0.0281. The van der Waals surface area contributed by atoms with Crippen molar-refractivity contribution in [3.8, 4) is 0 Å². The van der Waals surface area contributed by atoms with E-state index in [2.05, 4.69) is 20.3 Å². The summed E-state index contributed by atoms with van der Waals surface area (Å²) in [5.41, 5.74) is 0.688. The molecule has 0 radical (unpaired) electrons. The average molecular weight is 439 g/mol. The Morgan fingerprint density at radius 2 is 2.00 bits per heavy atom. The van der Waals surface area contributed by atoms with Crippen LogP contribution >= 0.6 is 0 Å². The van der Waals surface area contributed by atoms with E-state index in [0.29, 0.717) is 41.5 Å². The summed E-state index contributed by atoms with van der Waals surface area (Å²) in [6.45, 7) is 1.91. The smallest absolute Gasteiger partial charge is 0.364 e. The number of aromatic nitrogens is 4. The highest BCUT2D eigenvalue weighted by atomic mass is 19.4. The van der Waals surface area contributed by atoms with E-state index in [1.165, 1.54) is 10.9 Å². The zero-order valence-corrected chi connectivity index (χ0v) is 17.3. The van der Waals surface area contributed by atoms with Crippen LogP contribution in [0.5, 0.6) is 0 Å². The predicted octanol–water partition coefficient (Wildman–Crippen LogP) is 1.90. The molecule has 4 rings (SSSR count). The van der Waals surface area contributed by atoms with Crippen LogP contribution in [0.15, 0.2) is 6.33 Å². The Bertz CT molecular complexity index is 1000. The molecule has 1 saturated heterocycles. The number of carbonyl (C=O) groups excluding carboxylic acids is 2. The number of imidazole rings is 1. The lowest BCUT2D eigenvalue weighted by atomic mass is 10.2. The van der Waals surface area contributed by atoms with Crippen molar-refractivity contribution in [2.24, 2.45) is 5.92 Å². The normalized spacial score (nSPS) is 19.1. The summed E-state index contributed by atoms with van der Waals surface area (Å²) in [6, 6.07) is -0.0281. The van der Waals surface area contributed by atoms with E-state index < -0.39 is 18.6 Å². The second-order valence-corrected chi connectivity index (χ2v) is 8.04. The van der Waals surface area contributed by atoms with E-state index in [0.717, 1.165) is 26.3 Å². The number of rotatable bonds is 6. The number of amides is 2. The minimum Gasteiger partial charge on any atom is -0.364 e. The van der Waals surface area contributed by atoms with Gasteiger partial charge in [-0.05, 0) is 26.2 Å². The van der Waals surface area contributed by atoms with Crippen molar-refractivity contribution in [1.82, 2.24) is 29.3 Å². The minimum atomic E-state index is -4.51. The van der Waals surface area contributed by atoms with Gasteiger partial charge in [0.05, 0.1) is 0 Å². The van der Waals surface area contributed by atoms with Gasteiger partial charge < -0.3 is 19.7 Å². The molecule has 12 heteroatoms. The molecule has 9 nitrogen and oxygen atoms in total. The third-order valence-electron chi connectivity index (χ3n) is 5.57. The van der Waals surface area contributed by atoms with Gasteiger partial charge in [0.1, 0.15) is 12.9 Å².